The molecule has 2 rings (SSSR count). The Hall–Kier alpha value is -1.10. The van der Waals surface area contributed by atoms with Gasteiger partial charge >= 0.3 is 5.97 Å². The fourth-order valence-electron chi connectivity index (χ4n) is 3.77. The maximum Gasteiger partial charge on any atom is 0.330 e. The monoisotopic (exact) mass is 254 g/mol. The lowest BCUT2D eigenvalue weighted by atomic mass is 9.76. The average Bonchev–Trinajstić information content (AvgIpc) is 2.65. The van der Waals surface area contributed by atoms with Gasteiger partial charge in [0.15, 0.2) is 0 Å². The highest BCUT2D eigenvalue weighted by molar-refractivity contribution is 5.87. The fourth-order valence-corrected chi connectivity index (χ4v) is 3.77. The van der Waals surface area contributed by atoms with Gasteiger partial charge in [0.25, 0.3) is 0 Å². The van der Waals surface area contributed by atoms with Crippen molar-refractivity contribution < 1.29 is 14.7 Å². The Morgan fingerprint density at radius 3 is 2.56 bits per heavy atom. The Morgan fingerprint density at radius 2 is 2.06 bits per heavy atom. The lowest BCUT2D eigenvalue weighted by Gasteiger charge is -2.48. The number of hydrogen-bond acceptors (Lipinski definition) is 3. The van der Waals surface area contributed by atoms with E-state index in [9.17, 15) is 14.7 Å². The van der Waals surface area contributed by atoms with Crippen molar-refractivity contribution in [3.63, 3.8) is 0 Å². The van der Waals surface area contributed by atoms with E-state index in [1.54, 1.807) is 4.90 Å². The van der Waals surface area contributed by atoms with E-state index in [0.29, 0.717) is 6.42 Å². The quantitative estimate of drug-likeness (QED) is 0.809. The number of rotatable bonds is 3. The lowest BCUT2D eigenvalue weighted by Crippen LogP contribution is -2.66. The van der Waals surface area contributed by atoms with Crippen LogP contribution in [-0.2, 0) is 9.59 Å². The van der Waals surface area contributed by atoms with Crippen LogP contribution in [0.2, 0.25) is 0 Å². The van der Waals surface area contributed by atoms with Crippen LogP contribution in [0.25, 0.3) is 0 Å². The van der Waals surface area contributed by atoms with Crippen molar-refractivity contribution in [3.8, 4) is 0 Å². The van der Waals surface area contributed by atoms with Crippen LogP contribution in [0.4, 0.5) is 0 Å². The Kier molecular flexibility index (Phi) is 3.36. The van der Waals surface area contributed by atoms with Gasteiger partial charge in [-0.2, -0.15) is 0 Å². The zero-order valence-corrected chi connectivity index (χ0v) is 11.3. The first-order chi connectivity index (χ1) is 8.39. The largest absolute Gasteiger partial charge is 0.479 e. The zero-order chi connectivity index (χ0) is 13.5. The molecule has 2 saturated heterocycles. The van der Waals surface area contributed by atoms with Gasteiger partial charge in [0.2, 0.25) is 5.91 Å². The predicted octanol–water partition coefficient (Wildman–Crippen LogP) is 0.792. The molecule has 0 aliphatic carbocycles. The van der Waals surface area contributed by atoms with Gasteiger partial charge in [0.05, 0.1) is 0 Å². The predicted molar refractivity (Wildman–Crippen MR) is 67.2 cm³/mol. The molecule has 2 heterocycles. The third-order valence-electron chi connectivity index (χ3n) is 4.41. The first-order valence-corrected chi connectivity index (χ1v) is 6.65. The van der Waals surface area contributed by atoms with Crippen molar-refractivity contribution in [2.75, 3.05) is 19.6 Å². The van der Waals surface area contributed by atoms with Crippen molar-refractivity contribution in [3.05, 3.63) is 0 Å². The number of hydrogen-bond donors (Lipinski definition) is 1. The maximum absolute atomic E-state index is 11.9. The molecule has 18 heavy (non-hydrogen) atoms. The Balaban J connectivity index is 2.42. The zero-order valence-electron chi connectivity index (χ0n) is 11.3. The van der Waals surface area contributed by atoms with Crippen LogP contribution in [0, 0.1) is 5.92 Å². The second-order valence-electron chi connectivity index (χ2n) is 5.75. The molecule has 0 aromatic heterocycles. The molecule has 102 valence electrons. The smallest absolute Gasteiger partial charge is 0.330 e. The maximum atomic E-state index is 11.9. The number of carboxylic acids is 1. The summed E-state index contributed by atoms with van der Waals surface area (Å²) in [5.41, 5.74) is -0.993. The summed E-state index contributed by atoms with van der Waals surface area (Å²) < 4.78 is 0. The fraction of sp³-hybridized carbons (Fsp3) is 0.846. The van der Waals surface area contributed by atoms with Crippen LogP contribution < -0.4 is 0 Å². The van der Waals surface area contributed by atoms with Crippen molar-refractivity contribution in [1.82, 2.24) is 9.80 Å². The number of carboxylic acid groups (broad SMARTS) is 1. The molecule has 0 radical (unpaired) electrons. The Bertz CT molecular complexity index is 369. The SMILES string of the molecule is CC(=O)N(C(C)C)C1(C(=O)O)CCN2CCC1C2. The molecule has 1 N–H and O–H groups in total. The number of aliphatic carboxylic acids is 1. The minimum Gasteiger partial charge on any atom is -0.479 e. The van der Waals surface area contributed by atoms with Gasteiger partial charge in [-0.3, -0.25) is 4.79 Å². The van der Waals surface area contributed by atoms with Gasteiger partial charge in [-0.25, -0.2) is 4.79 Å². The van der Waals surface area contributed by atoms with E-state index in [2.05, 4.69) is 4.90 Å². The number of carbonyl (C=O) groups excluding carboxylic acids is 1. The molecule has 0 saturated carbocycles. The standard InChI is InChI=1S/C13H22N2O3/c1-9(2)15(10(3)16)13(12(17)18)5-7-14-6-4-11(13)8-14/h9,11H,4-8H2,1-3H3,(H,17,18). The van der Waals surface area contributed by atoms with Crippen LogP contribution in [0.3, 0.4) is 0 Å². The van der Waals surface area contributed by atoms with Crippen LogP contribution in [-0.4, -0.2) is 58.0 Å². The normalized spacial score (nSPS) is 34.7. The van der Waals surface area contributed by atoms with E-state index in [1.165, 1.54) is 6.92 Å². The van der Waals surface area contributed by atoms with Crippen LogP contribution in [0.5, 0.6) is 0 Å². The van der Waals surface area contributed by atoms with Crippen molar-refractivity contribution in [1.29, 1.82) is 0 Å². The molecular weight excluding hydrogens is 232 g/mol. The minimum atomic E-state index is -0.993. The molecule has 1 amide bonds. The Morgan fingerprint density at radius 1 is 1.39 bits per heavy atom. The van der Waals surface area contributed by atoms with Crippen LogP contribution in [0.15, 0.2) is 0 Å². The molecule has 2 bridgehead atoms. The topological polar surface area (TPSA) is 60.9 Å². The average molecular weight is 254 g/mol. The molecular formula is C13H22N2O3. The first-order valence-electron chi connectivity index (χ1n) is 6.65. The molecule has 0 aromatic rings. The molecule has 2 aliphatic heterocycles. The summed E-state index contributed by atoms with van der Waals surface area (Å²) in [5.74, 6) is -0.902. The Labute approximate surface area is 108 Å². The third kappa shape index (κ3) is 1.81. The van der Waals surface area contributed by atoms with Crippen LogP contribution >= 0.6 is 0 Å². The second kappa shape index (κ2) is 4.53. The van der Waals surface area contributed by atoms with Crippen molar-refractivity contribution >= 4 is 11.9 Å². The summed E-state index contributed by atoms with van der Waals surface area (Å²) in [6, 6.07) is -0.0780. The molecule has 5 heteroatoms. The van der Waals surface area contributed by atoms with Crippen molar-refractivity contribution in [2.45, 2.75) is 45.2 Å². The van der Waals surface area contributed by atoms with E-state index >= 15 is 0 Å². The summed E-state index contributed by atoms with van der Waals surface area (Å²) in [6.45, 7) is 7.82. The molecule has 3 unspecified atom stereocenters. The van der Waals surface area contributed by atoms with Gasteiger partial charge in [0, 0.05) is 32.0 Å². The molecule has 3 atom stereocenters. The molecule has 0 spiro atoms. The summed E-state index contributed by atoms with van der Waals surface area (Å²) in [4.78, 5) is 27.7. The van der Waals surface area contributed by atoms with E-state index in [-0.39, 0.29) is 17.9 Å². The van der Waals surface area contributed by atoms with E-state index < -0.39 is 11.5 Å². The van der Waals surface area contributed by atoms with Gasteiger partial charge in [0.1, 0.15) is 5.54 Å². The highest BCUT2D eigenvalue weighted by Crippen LogP contribution is 2.41. The van der Waals surface area contributed by atoms with E-state index in [1.807, 2.05) is 13.8 Å². The third-order valence-corrected chi connectivity index (χ3v) is 4.41. The second-order valence-corrected chi connectivity index (χ2v) is 5.75. The van der Waals surface area contributed by atoms with Crippen molar-refractivity contribution in [2.24, 2.45) is 5.92 Å². The number of fused-ring (bicyclic) bond motifs is 2. The van der Waals surface area contributed by atoms with Gasteiger partial charge in [-0.15, -0.1) is 0 Å². The highest BCUT2D eigenvalue weighted by atomic mass is 16.4. The van der Waals surface area contributed by atoms with Gasteiger partial charge in [-0.1, -0.05) is 0 Å². The summed E-state index contributed by atoms with van der Waals surface area (Å²) in [6.07, 6.45) is 1.42. The summed E-state index contributed by atoms with van der Waals surface area (Å²) >= 11 is 0. The number of piperidine rings is 1. The first kappa shape index (κ1) is 13.3. The van der Waals surface area contributed by atoms with Crippen LogP contribution in [0.1, 0.15) is 33.6 Å². The van der Waals surface area contributed by atoms with E-state index in [4.69, 9.17) is 0 Å². The van der Waals surface area contributed by atoms with Gasteiger partial charge in [-0.05, 0) is 33.2 Å². The number of nitrogens with zero attached hydrogens (tertiary/aromatic N) is 2. The molecule has 2 aliphatic rings. The highest BCUT2D eigenvalue weighted by Gasteiger charge is 2.56. The summed E-state index contributed by atoms with van der Waals surface area (Å²) in [7, 11) is 0. The number of carbonyl (C=O) groups is 2. The lowest BCUT2D eigenvalue weighted by molar-refractivity contribution is -0.168. The minimum absolute atomic E-state index is 0.0649. The summed E-state index contributed by atoms with van der Waals surface area (Å²) in [5, 5.41) is 9.76. The van der Waals surface area contributed by atoms with Gasteiger partial charge < -0.3 is 14.9 Å². The van der Waals surface area contributed by atoms with E-state index in [0.717, 1.165) is 26.1 Å². The molecule has 5 nitrogen and oxygen atoms in total. The molecule has 2 fully saturated rings. The molecule has 0 aromatic carbocycles. The number of amides is 1.